The first kappa shape index (κ1) is 87.2. The smallest absolute Gasteiger partial charge is 0.456 e. The van der Waals surface area contributed by atoms with Gasteiger partial charge in [0.2, 0.25) is 5.91 Å². The Bertz CT molecular complexity index is 1610. The molecule has 9 nitrogen and oxygen atoms in total. The van der Waals surface area contributed by atoms with Crippen molar-refractivity contribution in [3.8, 4) is 0 Å². The highest BCUT2D eigenvalue weighted by Gasteiger charge is 2.30. The van der Waals surface area contributed by atoms with Crippen LogP contribution in [0.25, 0.3) is 0 Å². The van der Waals surface area contributed by atoms with Crippen molar-refractivity contribution in [2.45, 2.75) is 418 Å². The molecular formula is C79H154N2O7P+. The van der Waals surface area contributed by atoms with E-state index in [0.29, 0.717) is 23.9 Å². The minimum Gasteiger partial charge on any atom is -0.456 e. The maximum Gasteiger partial charge on any atom is 0.472 e. The molecule has 0 aliphatic carbocycles. The molecule has 0 radical (unpaired) electrons. The molecule has 0 heterocycles. The average molecular weight is 1280 g/mol. The van der Waals surface area contributed by atoms with Crippen LogP contribution in [-0.2, 0) is 27.9 Å². The molecule has 0 aromatic carbocycles. The number of hydrogen-bond acceptors (Lipinski definition) is 6. The highest BCUT2D eigenvalue weighted by Crippen LogP contribution is 2.43. The number of quaternary nitrogens is 1. The van der Waals surface area contributed by atoms with Crippen LogP contribution >= 0.6 is 7.82 Å². The van der Waals surface area contributed by atoms with Crippen molar-refractivity contribution in [2.75, 3.05) is 40.9 Å². The van der Waals surface area contributed by atoms with Crippen molar-refractivity contribution in [1.29, 1.82) is 0 Å². The first-order valence-electron chi connectivity index (χ1n) is 39.3. The van der Waals surface area contributed by atoms with E-state index >= 15 is 0 Å². The molecule has 0 rings (SSSR count). The molecule has 0 spiro atoms. The molecule has 0 aliphatic heterocycles. The van der Waals surface area contributed by atoms with Crippen LogP contribution in [-0.4, -0.2) is 74.3 Å². The van der Waals surface area contributed by atoms with Gasteiger partial charge < -0.3 is 19.4 Å². The summed E-state index contributed by atoms with van der Waals surface area (Å²) < 4.78 is 30.9. The summed E-state index contributed by atoms with van der Waals surface area (Å²) in [7, 11) is 1.52. The van der Waals surface area contributed by atoms with Crippen LogP contribution in [0.5, 0.6) is 0 Å². The normalized spacial score (nSPS) is 13.6. The number of allylic oxidation sites excluding steroid dienone is 5. The minimum atomic E-state index is -4.45. The average Bonchev–Trinajstić information content (AvgIpc) is 3.70. The summed E-state index contributed by atoms with van der Waals surface area (Å²) in [6, 6.07) is -0.845. The Morgan fingerprint density at radius 1 is 0.393 bits per heavy atom. The standard InChI is InChI=1S/C79H153N2O7P/c1-7-10-13-16-19-22-25-27-29-31-33-35-37-39-40-42-43-45-47-49-51-53-56-59-62-65-68-71-78(82)80-76(75-87-89(84,85)86-74-73-81(4,5)6)77(70-67-64-61-58-55-24-21-18-15-12-9-3)88-79(83)72-69-66-63-60-57-54-52-50-48-46-44-41-38-36-34-32-30-28-26-23-20-17-14-11-8-2/h19,22,27,29,67,70,76-77H,7-18,20-21,23-26,28,30-66,68-69,71-75H2,1-6H3,(H-,80,82,84,85)/p+1/b22-19-,29-27-,70-67+. The number of nitrogens with zero attached hydrogens (tertiary/aromatic N) is 1. The van der Waals surface area contributed by atoms with Crippen molar-refractivity contribution in [3.63, 3.8) is 0 Å². The molecule has 0 saturated heterocycles. The van der Waals surface area contributed by atoms with E-state index in [9.17, 15) is 19.0 Å². The van der Waals surface area contributed by atoms with E-state index in [1.54, 1.807) is 0 Å². The Labute approximate surface area is 555 Å². The maximum absolute atomic E-state index is 13.6. The molecule has 0 aromatic heterocycles. The number of hydrogen-bond donors (Lipinski definition) is 2. The van der Waals surface area contributed by atoms with Crippen LogP contribution in [0.2, 0.25) is 0 Å². The van der Waals surface area contributed by atoms with Crippen LogP contribution in [0.15, 0.2) is 36.5 Å². The number of ether oxygens (including phenoxy) is 1. The first-order valence-corrected chi connectivity index (χ1v) is 40.8. The van der Waals surface area contributed by atoms with Gasteiger partial charge in [0.1, 0.15) is 19.3 Å². The number of unbranched alkanes of at least 4 members (excludes halogenated alkanes) is 53. The molecule has 89 heavy (non-hydrogen) atoms. The number of amides is 1. The number of esters is 1. The summed E-state index contributed by atoms with van der Waals surface area (Å²) in [6.07, 6.45) is 87.6. The maximum atomic E-state index is 13.6. The zero-order chi connectivity index (χ0) is 64.9. The fraction of sp³-hybridized carbons (Fsp3) is 0.899. The van der Waals surface area contributed by atoms with E-state index in [1.165, 1.54) is 308 Å². The molecule has 3 unspecified atom stereocenters. The van der Waals surface area contributed by atoms with Crippen LogP contribution < -0.4 is 5.32 Å². The van der Waals surface area contributed by atoms with Crippen LogP contribution in [0.3, 0.4) is 0 Å². The van der Waals surface area contributed by atoms with Gasteiger partial charge in [-0.2, -0.15) is 0 Å². The largest absolute Gasteiger partial charge is 0.472 e. The number of phosphoric acid groups is 1. The van der Waals surface area contributed by atoms with Crippen molar-refractivity contribution >= 4 is 19.7 Å². The molecule has 0 aromatic rings. The van der Waals surface area contributed by atoms with Crippen molar-refractivity contribution in [2.24, 2.45) is 0 Å². The summed E-state index contributed by atoms with van der Waals surface area (Å²) in [5.74, 6) is -0.480. The number of nitrogens with one attached hydrogen (secondary N) is 1. The Balaban J connectivity index is 4.85. The third-order valence-electron chi connectivity index (χ3n) is 18.1. The van der Waals surface area contributed by atoms with Gasteiger partial charge in [0.05, 0.1) is 33.8 Å². The number of carbonyl (C=O) groups is 2. The highest BCUT2D eigenvalue weighted by atomic mass is 31.2. The molecule has 10 heteroatoms. The summed E-state index contributed by atoms with van der Waals surface area (Å²) in [5.41, 5.74) is 0. The van der Waals surface area contributed by atoms with E-state index in [1.807, 2.05) is 27.2 Å². The van der Waals surface area contributed by atoms with Gasteiger partial charge in [-0.3, -0.25) is 18.6 Å². The van der Waals surface area contributed by atoms with E-state index in [2.05, 4.69) is 56.5 Å². The van der Waals surface area contributed by atoms with Crippen molar-refractivity contribution in [1.82, 2.24) is 5.32 Å². The Morgan fingerprint density at radius 2 is 0.685 bits per heavy atom. The topological polar surface area (TPSA) is 111 Å². The predicted molar refractivity (Wildman–Crippen MR) is 388 cm³/mol. The van der Waals surface area contributed by atoms with Crippen molar-refractivity contribution < 1.29 is 37.3 Å². The zero-order valence-corrected chi connectivity index (χ0v) is 61.4. The second kappa shape index (κ2) is 69.1. The first-order chi connectivity index (χ1) is 43.4. The van der Waals surface area contributed by atoms with Gasteiger partial charge in [-0.1, -0.05) is 366 Å². The molecule has 0 saturated carbocycles. The third kappa shape index (κ3) is 70.4. The summed E-state index contributed by atoms with van der Waals surface area (Å²) in [6.45, 7) is 7.06. The lowest BCUT2D eigenvalue weighted by Gasteiger charge is -2.27. The lowest BCUT2D eigenvalue weighted by atomic mass is 10.0. The summed E-state index contributed by atoms with van der Waals surface area (Å²) in [4.78, 5) is 38.0. The fourth-order valence-electron chi connectivity index (χ4n) is 12.0. The summed E-state index contributed by atoms with van der Waals surface area (Å²) >= 11 is 0. The van der Waals surface area contributed by atoms with E-state index in [-0.39, 0.29) is 25.1 Å². The van der Waals surface area contributed by atoms with E-state index in [4.69, 9.17) is 13.8 Å². The molecule has 1 amide bonds. The SMILES string of the molecule is CCCCC/C=C\C/C=C\CCCCCCCCCCCCCCCCCCCC(=O)NC(COP(=O)(O)OCC[N+](C)(C)C)C(/C=C/CCCCCCCCCCC)OC(=O)CCCCCCCCCCCCCCCCCCCCCCCCCCC. The molecule has 526 valence electrons. The third-order valence-corrected chi connectivity index (χ3v) is 19.1. The van der Waals surface area contributed by atoms with Crippen LogP contribution in [0, 0.1) is 0 Å². The van der Waals surface area contributed by atoms with Gasteiger partial charge in [0.15, 0.2) is 0 Å². The second-order valence-corrected chi connectivity index (χ2v) is 29.7. The van der Waals surface area contributed by atoms with Gasteiger partial charge >= 0.3 is 13.8 Å². The highest BCUT2D eigenvalue weighted by molar-refractivity contribution is 7.47. The summed E-state index contributed by atoms with van der Waals surface area (Å²) in [5, 5.41) is 3.08. The Kier molecular flexibility index (Phi) is 67.7. The quantitative estimate of drug-likeness (QED) is 0.0205. The molecule has 0 bridgehead atoms. The zero-order valence-electron chi connectivity index (χ0n) is 60.5. The van der Waals surface area contributed by atoms with Gasteiger partial charge in [0, 0.05) is 12.8 Å². The van der Waals surface area contributed by atoms with Crippen LogP contribution in [0.1, 0.15) is 406 Å². The molecule has 0 fully saturated rings. The fourth-order valence-corrected chi connectivity index (χ4v) is 12.8. The molecule has 2 N–H and O–H groups in total. The molecule has 0 aliphatic rings. The monoisotopic (exact) mass is 1270 g/mol. The van der Waals surface area contributed by atoms with E-state index in [0.717, 1.165) is 64.2 Å². The minimum absolute atomic E-state index is 0.0440. The lowest BCUT2D eigenvalue weighted by Crippen LogP contribution is -2.47. The predicted octanol–water partition coefficient (Wildman–Crippen LogP) is 25.4. The number of likely N-dealkylation sites (N-methyl/N-ethyl adjacent to an activating group) is 1. The second-order valence-electron chi connectivity index (χ2n) is 28.2. The number of rotatable bonds is 73. The van der Waals surface area contributed by atoms with Crippen molar-refractivity contribution in [3.05, 3.63) is 36.5 Å². The number of carbonyl (C=O) groups excluding carboxylic acids is 2. The Morgan fingerprint density at radius 3 is 1.03 bits per heavy atom. The lowest BCUT2D eigenvalue weighted by molar-refractivity contribution is -0.870. The molecular weight excluding hydrogens is 1120 g/mol. The number of phosphoric ester groups is 1. The van der Waals surface area contributed by atoms with E-state index < -0.39 is 20.0 Å². The Hall–Kier alpha value is -1.77. The van der Waals surface area contributed by atoms with Gasteiger partial charge in [-0.15, -0.1) is 0 Å². The van der Waals surface area contributed by atoms with Gasteiger partial charge in [-0.05, 0) is 63.9 Å². The molecule has 3 atom stereocenters. The van der Waals surface area contributed by atoms with Gasteiger partial charge in [0.25, 0.3) is 0 Å². The van der Waals surface area contributed by atoms with Crippen LogP contribution in [0.4, 0.5) is 0 Å². The van der Waals surface area contributed by atoms with Gasteiger partial charge in [-0.25, -0.2) is 4.57 Å².